The third-order valence-corrected chi connectivity index (χ3v) is 3.13. The van der Waals surface area contributed by atoms with Crippen LogP contribution in [0.3, 0.4) is 0 Å². The molecule has 0 fully saturated rings. The lowest BCUT2D eigenvalue weighted by molar-refractivity contribution is -0.115. The summed E-state index contributed by atoms with van der Waals surface area (Å²) < 4.78 is 1.02. The summed E-state index contributed by atoms with van der Waals surface area (Å²) in [7, 11) is 0. The van der Waals surface area contributed by atoms with Gasteiger partial charge in [0, 0.05) is 10.0 Å². The van der Waals surface area contributed by atoms with E-state index in [1.165, 1.54) is 0 Å². The molecule has 1 amide bonds. The topological polar surface area (TPSA) is 32.3 Å². The summed E-state index contributed by atoms with van der Waals surface area (Å²) in [6.45, 7) is 6.73. The van der Waals surface area contributed by atoms with Gasteiger partial charge >= 0.3 is 0 Å². The normalized spacial score (nSPS) is 15.8. The van der Waals surface area contributed by atoms with Gasteiger partial charge < -0.3 is 10.2 Å². The SMILES string of the molecule is CC(C)(C)N1CC(=O)Nc2ccc(Br)cc21. The first-order chi connectivity index (χ1) is 7.38. The van der Waals surface area contributed by atoms with Crippen LogP contribution in [0.1, 0.15) is 20.8 Å². The van der Waals surface area contributed by atoms with Gasteiger partial charge in [0.05, 0.1) is 17.9 Å². The van der Waals surface area contributed by atoms with Crippen molar-refractivity contribution in [1.29, 1.82) is 0 Å². The minimum atomic E-state index is -0.0622. The fourth-order valence-corrected chi connectivity index (χ4v) is 2.20. The van der Waals surface area contributed by atoms with Crippen molar-refractivity contribution in [3.63, 3.8) is 0 Å². The zero-order chi connectivity index (χ0) is 11.9. The Morgan fingerprint density at radius 2 is 2.06 bits per heavy atom. The molecule has 16 heavy (non-hydrogen) atoms. The van der Waals surface area contributed by atoms with Crippen LogP contribution in [0.15, 0.2) is 22.7 Å². The van der Waals surface area contributed by atoms with Gasteiger partial charge in [-0.1, -0.05) is 15.9 Å². The van der Waals surface area contributed by atoms with E-state index >= 15 is 0 Å². The number of amides is 1. The summed E-state index contributed by atoms with van der Waals surface area (Å²) in [6.07, 6.45) is 0. The number of halogens is 1. The molecule has 1 aromatic rings. The second-order valence-corrected chi connectivity index (χ2v) is 5.88. The monoisotopic (exact) mass is 282 g/mol. The lowest BCUT2D eigenvalue weighted by Gasteiger charge is -2.41. The van der Waals surface area contributed by atoms with E-state index in [1.807, 2.05) is 18.2 Å². The van der Waals surface area contributed by atoms with Gasteiger partial charge in [0.25, 0.3) is 0 Å². The van der Waals surface area contributed by atoms with Crippen molar-refractivity contribution in [3.05, 3.63) is 22.7 Å². The molecule has 2 rings (SSSR count). The molecule has 1 heterocycles. The highest BCUT2D eigenvalue weighted by molar-refractivity contribution is 9.10. The van der Waals surface area contributed by atoms with Crippen LogP contribution < -0.4 is 10.2 Å². The number of benzene rings is 1. The molecule has 1 aliphatic rings. The van der Waals surface area contributed by atoms with Crippen LogP contribution in [0.4, 0.5) is 11.4 Å². The number of fused-ring (bicyclic) bond motifs is 1. The van der Waals surface area contributed by atoms with Gasteiger partial charge in [-0.05, 0) is 39.0 Å². The van der Waals surface area contributed by atoms with Crippen molar-refractivity contribution in [1.82, 2.24) is 0 Å². The Kier molecular flexibility index (Phi) is 2.70. The Hall–Kier alpha value is -1.03. The second-order valence-electron chi connectivity index (χ2n) is 4.97. The van der Waals surface area contributed by atoms with E-state index in [9.17, 15) is 4.79 Å². The van der Waals surface area contributed by atoms with Gasteiger partial charge in [-0.3, -0.25) is 4.79 Å². The predicted molar refractivity (Wildman–Crippen MR) is 69.9 cm³/mol. The summed E-state index contributed by atoms with van der Waals surface area (Å²) in [6, 6.07) is 5.90. The number of hydrogen-bond acceptors (Lipinski definition) is 2. The molecule has 0 saturated heterocycles. The zero-order valence-electron chi connectivity index (χ0n) is 9.67. The van der Waals surface area contributed by atoms with E-state index in [0.29, 0.717) is 6.54 Å². The maximum atomic E-state index is 11.6. The molecule has 4 heteroatoms. The van der Waals surface area contributed by atoms with E-state index in [4.69, 9.17) is 0 Å². The smallest absolute Gasteiger partial charge is 0.243 e. The van der Waals surface area contributed by atoms with Gasteiger partial charge in [0.2, 0.25) is 5.91 Å². The van der Waals surface area contributed by atoms with Crippen molar-refractivity contribution in [3.8, 4) is 0 Å². The second kappa shape index (κ2) is 3.77. The van der Waals surface area contributed by atoms with Crippen molar-refractivity contribution in [2.45, 2.75) is 26.3 Å². The molecule has 0 aliphatic carbocycles. The first-order valence-electron chi connectivity index (χ1n) is 5.25. The van der Waals surface area contributed by atoms with Crippen LogP contribution in [-0.4, -0.2) is 18.0 Å². The molecule has 0 radical (unpaired) electrons. The highest BCUT2D eigenvalue weighted by Crippen LogP contribution is 2.36. The summed E-state index contributed by atoms with van der Waals surface area (Å²) >= 11 is 3.46. The molecule has 0 atom stereocenters. The summed E-state index contributed by atoms with van der Waals surface area (Å²) in [5, 5.41) is 2.89. The minimum Gasteiger partial charge on any atom is -0.356 e. The van der Waals surface area contributed by atoms with Crippen molar-refractivity contribution < 1.29 is 4.79 Å². The Morgan fingerprint density at radius 3 is 2.69 bits per heavy atom. The van der Waals surface area contributed by atoms with Crippen LogP contribution in [0.2, 0.25) is 0 Å². The molecule has 3 nitrogen and oxygen atoms in total. The van der Waals surface area contributed by atoms with E-state index in [1.54, 1.807) is 0 Å². The first kappa shape index (κ1) is 11.5. The lowest BCUT2D eigenvalue weighted by Crippen LogP contribution is -2.48. The Bertz CT molecular complexity index is 437. The molecule has 0 bridgehead atoms. The third-order valence-electron chi connectivity index (χ3n) is 2.64. The van der Waals surface area contributed by atoms with Crippen molar-refractivity contribution in [2.75, 3.05) is 16.8 Å². The molecular weight excluding hydrogens is 268 g/mol. The molecule has 1 aromatic carbocycles. The van der Waals surface area contributed by atoms with Crippen LogP contribution >= 0.6 is 15.9 Å². The Labute approximate surface area is 104 Å². The average Bonchev–Trinajstić information content (AvgIpc) is 2.16. The zero-order valence-corrected chi connectivity index (χ0v) is 11.3. The Balaban J connectivity index is 2.52. The van der Waals surface area contributed by atoms with E-state index in [0.717, 1.165) is 15.8 Å². The standard InChI is InChI=1S/C12H15BrN2O/c1-12(2,3)15-7-11(16)14-9-5-4-8(13)6-10(9)15/h4-6H,7H2,1-3H3,(H,14,16). The quantitative estimate of drug-likeness (QED) is 0.793. The average molecular weight is 283 g/mol. The number of rotatable bonds is 0. The number of carbonyl (C=O) groups is 1. The van der Waals surface area contributed by atoms with Crippen molar-refractivity contribution in [2.24, 2.45) is 0 Å². The van der Waals surface area contributed by atoms with Crippen LogP contribution in [0, 0.1) is 0 Å². The molecule has 0 saturated carbocycles. The van der Waals surface area contributed by atoms with E-state index in [2.05, 4.69) is 46.9 Å². The molecule has 0 aromatic heterocycles. The van der Waals surface area contributed by atoms with Crippen LogP contribution in [-0.2, 0) is 4.79 Å². The van der Waals surface area contributed by atoms with Crippen LogP contribution in [0.25, 0.3) is 0 Å². The molecule has 1 aliphatic heterocycles. The maximum Gasteiger partial charge on any atom is 0.243 e. The Morgan fingerprint density at radius 1 is 1.38 bits per heavy atom. The number of nitrogens with zero attached hydrogens (tertiary/aromatic N) is 1. The van der Waals surface area contributed by atoms with Gasteiger partial charge in [-0.25, -0.2) is 0 Å². The summed E-state index contributed by atoms with van der Waals surface area (Å²) in [5.74, 6) is 0.0461. The van der Waals surface area contributed by atoms with E-state index < -0.39 is 0 Å². The van der Waals surface area contributed by atoms with Gasteiger partial charge in [0.15, 0.2) is 0 Å². The lowest BCUT2D eigenvalue weighted by atomic mass is 10.0. The fourth-order valence-electron chi connectivity index (χ4n) is 1.85. The maximum absolute atomic E-state index is 11.6. The minimum absolute atomic E-state index is 0.0461. The summed E-state index contributed by atoms with van der Waals surface area (Å²) in [5.41, 5.74) is 1.89. The number of anilines is 2. The van der Waals surface area contributed by atoms with Crippen LogP contribution in [0.5, 0.6) is 0 Å². The molecule has 0 unspecified atom stereocenters. The fraction of sp³-hybridized carbons (Fsp3) is 0.417. The largest absolute Gasteiger partial charge is 0.356 e. The number of carbonyl (C=O) groups excluding carboxylic acids is 1. The molecule has 1 N–H and O–H groups in total. The third kappa shape index (κ3) is 2.07. The highest BCUT2D eigenvalue weighted by Gasteiger charge is 2.29. The molecule has 0 spiro atoms. The highest BCUT2D eigenvalue weighted by atomic mass is 79.9. The number of nitrogens with one attached hydrogen (secondary N) is 1. The van der Waals surface area contributed by atoms with Gasteiger partial charge in [0.1, 0.15) is 0 Å². The first-order valence-corrected chi connectivity index (χ1v) is 6.04. The summed E-state index contributed by atoms with van der Waals surface area (Å²) in [4.78, 5) is 13.7. The van der Waals surface area contributed by atoms with Gasteiger partial charge in [-0.15, -0.1) is 0 Å². The number of hydrogen-bond donors (Lipinski definition) is 1. The predicted octanol–water partition coefficient (Wildman–Crippen LogP) is 3.01. The van der Waals surface area contributed by atoms with Crippen molar-refractivity contribution >= 4 is 33.2 Å². The van der Waals surface area contributed by atoms with E-state index in [-0.39, 0.29) is 11.4 Å². The van der Waals surface area contributed by atoms with Gasteiger partial charge in [-0.2, -0.15) is 0 Å². The molecular formula is C12H15BrN2O. The molecule has 86 valence electrons.